The van der Waals surface area contributed by atoms with Crippen LogP contribution in [0.25, 0.3) is 0 Å². The van der Waals surface area contributed by atoms with E-state index < -0.39 is 10.0 Å². The molecule has 0 bridgehead atoms. The predicted octanol–water partition coefficient (Wildman–Crippen LogP) is 3.06. The van der Waals surface area contributed by atoms with Crippen LogP contribution < -0.4 is 4.72 Å². The van der Waals surface area contributed by atoms with Gasteiger partial charge in [-0.25, -0.2) is 13.1 Å². The van der Waals surface area contributed by atoms with Crippen LogP contribution in [0.15, 0.2) is 52.2 Å². The van der Waals surface area contributed by atoms with E-state index in [4.69, 9.17) is 4.42 Å². The first-order valence-electron chi connectivity index (χ1n) is 9.39. The third kappa shape index (κ3) is 4.99. The van der Waals surface area contributed by atoms with Crippen LogP contribution in [0.3, 0.4) is 0 Å². The molecule has 1 aliphatic heterocycles. The monoisotopic (exact) mass is 390 g/mol. The Kier molecular flexibility index (Phi) is 6.34. The maximum atomic E-state index is 12.5. The van der Waals surface area contributed by atoms with Crippen molar-refractivity contribution < 1.29 is 17.6 Å². The highest BCUT2D eigenvalue weighted by Gasteiger charge is 2.25. The van der Waals surface area contributed by atoms with Gasteiger partial charge < -0.3 is 9.32 Å². The summed E-state index contributed by atoms with van der Waals surface area (Å²) in [5.41, 5.74) is 1.70. The lowest BCUT2D eigenvalue weighted by atomic mass is 9.97. The lowest BCUT2D eigenvalue weighted by Gasteiger charge is -2.31. The van der Waals surface area contributed by atoms with Crippen molar-refractivity contribution in [3.63, 3.8) is 0 Å². The van der Waals surface area contributed by atoms with Crippen molar-refractivity contribution in [3.05, 3.63) is 54.0 Å². The molecular formula is C20H26N2O4S. The molecule has 3 rings (SSSR count). The topological polar surface area (TPSA) is 79.6 Å². The maximum Gasteiger partial charge on any atom is 0.257 e. The highest BCUT2D eigenvalue weighted by molar-refractivity contribution is 7.89. The zero-order valence-corrected chi connectivity index (χ0v) is 16.4. The smallest absolute Gasteiger partial charge is 0.257 e. The molecule has 1 aromatic carbocycles. The number of aryl methyl sites for hydroxylation is 1. The van der Waals surface area contributed by atoms with Crippen molar-refractivity contribution in [2.75, 3.05) is 19.6 Å². The summed E-state index contributed by atoms with van der Waals surface area (Å²) in [4.78, 5) is 14.4. The summed E-state index contributed by atoms with van der Waals surface area (Å²) < 4.78 is 32.7. The Morgan fingerprint density at radius 3 is 2.48 bits per heavy atom. The average Bonchev–Trinajstić information content (AvgIpc) is 3.22. The molecule has 6 nitrogen and oxygen atoms in total. The van der Waals surface area contributed by atoms with E-state index in [1.807, 2.05) is 12.1 Å². The van der Waals surface area contributed by atoms with Crippen LogP contribution in [0.5, 0.6) is 0 Å². The molecule has 7 heteroatoms. The first-order valence-corrected chi connectivity index (χ1v) is 10.9. The normalized spacial score (nSPS) is 15.8. The molecule has 146 valence electrons. The van der Waals surface area contributed by atoms with Crippen LogP contribution in [0.4, 0.5) is 0 Å². The second kappa shape index (κ2) is 8.71. The molecule has 1 amide bonds. The number of nitrogens with zero attached hydrogens (tertiary/aromatic N) is 1. The molecule has 1 aliphatic rings. The van der Waals surface area contributed by atoms with Gasteiger partial charge >= 0.3 is 0 Å². The summed E-state index contributed by atoms with van der Waals surface area (Å²) in [5, 5.41) is 0. The largest absolute Gasteiger partial charge is 0.472 e. The lowest BCUT2D eigenvalue weighted by molar-refractivity contribution is 0.0691. The minimum atomic E-state index is -3.50. The number of nitrogens with one attached hydrogen (secondary N) is 1. The second-order valence-electron chi connectivity index (χ2n) is 6.99. The molecule has 0 radical (unpaired) electrons. The summed E-state index contributed by atoms with van der Waals surface area (Å²) in [7, 11) is -3.50. The molecular weight excluding hydrogens is 364 g/mol. The number of carbonyl (C=O) groups excluding carboxylic acids is 1. The summed E-state index contributed by atoms with van der Waals surface area (Å²) in [6.07, 6.45) is 6.48. The van der Waals surface area contributed by atoms with Gasteiger partial charge in [-0.1, -0.05) is 25.5 Å². The van der Waals surface area contributed by atoms with Crippen LogP contribution >= 0.6 is 0 Å². The molecule has 0 saturated carbocycles. The number of carbonyl (C=O) groups is 1. The van der Waals surface area contributed by atoms with Gasteiger partial charge in [0.05, 0.1) is 16.7 Å². The third-order valence-corrected chi connectivity index (χ3v) is 6.44. The number of amides is 1. The van der Waals surface area contributed by atoms with Gasteiger partial charge in [0, 0.05) is 19.6 Å². The molecule has 2 aromatic rings. The molecule has 1 fully saturated rings. The molecule has 0 spiro atoms. The van der Waals surface area contributed by atoms with Gasteiger partial charge in [0.25, 0.3) is 5.91 Å². The Morgan fingerprint density at radius 2 is 1.89 bits per heavy atom. The quantitative estimate of drug-likeness (QED) is 0.788. The van der Waals surface area contributed by atoms with Crippen molar-refractivity contribution >= 4 is 15.9 Å². The van der Waals surface area contributed by atoms with Crippen molar-refractivity contribution in [2.24, 2.45) is 5.92 Å². The minimum Gasteiger partial charge on any atom is -0.472 e. The summed E-state index contributed by atoms with van der Waals surface area (Å²) in [6.45, 7) is 3.75. The van der Waals surface area contributed by atoms with E-state index in [2.05, 4.69) is 11.6 Å². The number of furan rings is 1. The Morgan fingerprint density at radius 1 is 1.19 bits per heavy atom. The molecule has 1 aromatic heterocycles. The highest BCUT2D eigenvalue weighted by atomic mass is 32.2. The number of rotatable bonds is 7. The fourth-order valence-electron chi connectivity index (χ4n) is 3.34. The third-order valence-electron chi connectivity index (χ3n) is 5.00. The molecule has 2 heterocycles. The SMILES string of the molecule is CCCc1ccc(S(=O)(=O)NCC2CCN(C(=O)c3ccoc3)CC2)cc1. The zero-order chi connectivity index (χ0) is 19.3. The van der Waals surface area contributed by atoms with Crippen molar-refractivity contribution in [3.8, 4) is 0 Å². The van der Waals surface area contributed by atoms with E-state index in [0.29, 0.717) is 30.1 Å². The second-order valence-corrected chi connectivity index (χ2v) is 8.76. The summed E-state index contributed by atoms with van der Waals surface area (Å²) in [6, 6.07) is 8.74. The van der Waals surface area contributed by atoms with Gasteiger partial charge in [0.2, 0.25) is 10.0 Å². The first kappa shape index (κ1) is 19.6. The number of benzene rings is 1. The van der Waals surface area contributed by atoms with Gasteiger partial charge in [0.1, 0.15) is 6.26 Å². The average molecular weight is 391 g/mol. The Hall–Kier alpha value is -2.12. The van der Waals surface area contributed by atoms with Crippen LogP contribution in [-0.2, 0) is 16.4 Å². The molecule has 1 saturated heterocycles. The number of hydrogen-bond donors (Lipinski definition) is 1. The number of sulfonamides is 1. The number of hydrogen-bond acceptors (Lipinski definition) is 4. The van der Waals surface area contributed by atoms with Gasteiger partial charge in [-0.2, -0.15) is 0 Å². The Balaban J connectivity index is 1.49. The lowest BCUT2D eigenvalue weighted by Crippen LogP contribution is -2.41. The van der Waals surface area contributed by atoms with Gasteiger partial charge in [-0.3, -0.25) is 4.79 Å². The van der Waals surface area contributed by atoms with Crippen LogP contribution in [0, 0.1) is 5.92 Å². The van der Waals surface area contributed by atoms with E-state index >= 15 is 0 Å². The first-order chi connectivity index (χ1) is 13.0. The molecule has 0 atom stereocenters. The zero-order valence-electron chi connectivity index (χ0n) is 15.6. The number of likely N-dealkylation sites (tertiary alicyclic amines) is 1. The highest BCUT2D eigenvalue weighted by Crippen LogP contribution is 2.20. The van der Waals surface area contributed by atoms with Crippen LogP contribution in [-0.4, -0.2) is 38.9 Å². The van der Waals surface area contributed by atoms with E-state index in [9.17, 15) is 13.2 Å². The predicted molar refractivity (Wildman–Crippen MR) is 103 cm³/mol. The van der Waals surface area contributed by atoms with E-state index in [1.165, 1.54) is 12.5 Å². The van der Waals surface area contributed by atoms with Gasteiger partial charge in [-0.15, -0.1) is 0 Å². The standard InChI is InChI=1S/C20H26N2O4S/c1-2-3-16-4-6-19(7-5-16)27(24,25)21-14-17-8-11-22(12-9-17)20(23)18-10-13-26-15-18/h4-7,10,13,15,17,21H,2-3,8-9,11-12,14H2,1H3. The molecule has 27 heavy (non-hydrogen) atoms. The van der Waals surface area contributed by atoms with Crippen LogP contribution in [0.1, 0.15) is 42.1 Å². The maximum absolute atomic E-state index is 12.5. The molecule has 0 unspecified atom stereocenters. The van der Waals surface area contributed by atoms with Crippen molar-refractivity contribution in [2.45, 2.75) is 37.5 Å². The van der Waals surface area contributed by atoms with E-state index in [0.717, 1.165) is 31.2 Å². The molecule has 0 aliphatic carbocycles. The summed E-state index contributed by atoms with van der Waals surface area (Å²) >= 11 is 0. The minimum absolute atomic E-state index is 0.0325. The molecule has 1 N–H and O–H groups in total. The number of piperidine rings is 1. The Bertz CT molecular complexity index is 837. The van der Waals surface area contributed by atoms with Gasteiger partial charge in [-0.05, 0) is 48.9 Å². The van der Waals surface area contributed by atoms with Gasteiger partial charge in [0.15, 0.2) is 0 Å². The fourth-order valence-corrected chi connectivity index (χ4v) is 4.46. The fraction of sp³-hybridized carbons (Fsp3) is 0.450. The van der Waals surface area contributed by atoms with Crippen LogP contribution in [0.2, 0.25) is 0 Å². The van der Waals surface area contributed by atoms with Crippen molar-refractivity contribution in [1.82, 2.24) is 9.62 Å². The van der Waals surface area contributed by atoms with E-state index in [-0.39, 0.29) is 11.8 Å². The van der Waals surface area contributed by atoms with E-state index in [1.54, 1.807) is 23.1 Å². The Labute approximate surface area is 160 Å². The van der Waals surface area contributed by atoms with Crippen molar-refractivity contribution in [1.29, 1.82) is 0 Å². The summed E-state index contributed by atoms with van der Waals surface area (Å²) in [5.74, 6) is 0.197.